The molecule has 0 radical (unpaired) electrons. The van der Waals surface area contributed by atoms with Gasteiger partial charge in [0.25, 0.3) is 0 Å². The Kier molecular flexibility index (Phi) is 15.0. The van der Waals surface area contributed by atoms with Crippen LogP contribution in [0.1, 0.15) is 55.3 Å². The largest absolute Gasteiger partial charge is 0.492 e. The summed E-state index contributed by atoms with van der Waals surface area (Å²) in [6, 6.07) is 14.9. The number of hydrogen-bond donors (Lipinski definition) is 4. The van der Waals surface area contributed by atoms with Crippen LogP contribution in [0.5, 0.6) is 5.75 Å². The van der Waals surface area contributed by atoms with Gasteiger partial charge in [0.1, 0.15) is 12.4 Å². The molecule has 0 bridgehead atoms. The Morgan fingerprint density at radius 1 is 1.06 bits per heavy atom. The van der Waals surface area contributed by atoms with Crippen LogP contribution in [0, 0.1) is 0 Å². The molecule has 270 valence electrons. The van der Waals surface area contributed by atoms with Gasteiger partial charge < -0.3 is 20.7 Å². The number of hydrogen-bond acceptors (Lipinski definition) is 7. The molecular formula is C30H38ClF6N3O7S. The molecule has 1 fully saturated rings. The molecule has 5 N–H and O–H groups in total. The maximum absolute atomic E-state index is 11.9. The first kappa shape index (κ1) is 41.1. The van der Waals surface area contributed by atoms with Gasteiger partial charge >= 0.3 is 24.3 Å². The Labute approximate surface area is 279 Å². The monoisotopic (exact) mass is 733 g/mol. The molecule has 2 aromatic rings. The molecular weight excluding hydrogens is 696 g/mol. The first-order valence-electron chi connectivity index (χ1n) is 14.8. The Bertz CT molecular complexity index is 1460. The zero-order chi connectivity index (χ0) is 36.3. The zero-order valence-electron chi connectivity index (χ0n) is 25.9. The summed E-state index contributed by atoms with van der Waals surface area (Å²) in [5.41, 5.74) is 9.97. The molecule has 2 aromatic carbocycles. The highest BCUT2D eigenvalue weighted by Gasteiger charge is 2.50. The highest BCUT2D eigenvalue weighted by Crippen LogP contribution is 2.56. The van der Waals surface area contributed by atoms with Gasteiger partial charge in [0.2, 0.25) is 10.0 Å². The van der Waals surface area contributed by atoms with E-state index in [0.29, 0.717) is 19.6 Å². The lowest BCUT2D eigenvalue weighted by atomic mass is 9.57. The summed E-state index contributed by atoms with van der Waals surface area (Å²) in [7, 11) is -3.23. The molecule has 1 heterocycles. The predicted octanol–water partition coefficient (Wildman–Crippen LogP) is 5.29. The SMILES string of the molecule is CCCS(=O)(=O)NCCOc1ccc2c(c1)C(C1(c3cccc(Cl)c3)CCC1)N(CCN)CC2.O=C(O)C(F)(F)F.O=C(O)C(F)(F)F. The van der Waals surface area contributed by atoms with Crippen LogP contribution in [0.4, 0.5) is 26.3 Å². The third-order valence-corrected chi connectivity index (χ3v) is 9.51. The van der Waals surface area contributed by atoms with Gasteiger partial charge in [-0.1, -0.05) is 43.1 Å². The smallest absolute Gasteiger partial charge is 0.490 e. The molecule has 18 heteroatoms. The topological polar surface area (TPSA) is 159 Å². The minimum absolute atomic E-state index is 0.00362. The quantitative estimate of drug-likeness (QED) is 0.178. The lowest BCUT2D eigenvalue weighted by molar-refractivity contribution is -0.193. The van der Waals surface area contributed by atoms with Gasteiger partial charge in [0.05, 0.1) is 5.75 Å². The number of carboxylic acids is 2. The number of nitrogens with zero attached hydrogens (tertiary/aromatic N) is 1. The van der Waals surface area contributed by atoms with Crippen molar-refractivity contribution in [3.05, 3.63) is 64.2 Å². The lowest BCUT2D eigenvalue weighted by Crippen LogP contribution is -2.52. The Balaban J connectivity index is 0.000000479. The standard InChI is InChI=1S/C26H36ClN3O3S.2C2HF3O2/c1-2-17-34(31,32)29-13-16-33-23-8-7-20-9-14-30(15-12-28)25(24(20)19-23)26(10-4-11-26)21-5-3-6-22(27)18-21;2*3-2(4,5)1(6)7/h3,5-8,18-19,25,29H,2,4,9-17,28H2,1H3;2*(H,6,7). The molecule has 4 rings (SSSR count). The Morgan fingerprint density at radius 3 is 2.15 bits per heavy atom. The van der Waals surface area contributed by atoms with Crippen molar-refractivity contribution in [2.75, 3.05) is 38.5 Å². The second kappa shape index (κ2) is 17.5. The summed E-state index contributed by atoms with van der Waals surface area (Å²) < 4.78 is 95.8. The second-order valence-corrected chi connectivity index (χ2v) is 13.4. The van der Waals surface area contributed by atoms with Gasteiger partial charge in [-0.3, -0.25) is 4.90 Å². The summed E-state index contributed by atoms with van der Waals surface area (Å²) in [5, 5.41) is 15.0. The van der Waals surface area contributed by atoms with Gasteiger partial charge in [-0.25, -0.2) is 22.7 Å². The molecule has 1 unspecified atom stereocenters. The lowest BCUT2D eigenvalue weighted by Gasteiger charge is -2.54. The van der Waals surface area contributed by atoms with Crippen molar-refractivity contribution >= 4 is 33.6 Å². The summed E-state index contributed by atoms with van der Waals surface area (Å²) in [4.78, 5) is 20.3. The maximum atomic E-state index is 11.9. The number of benzene rings is 2. The Hall–Kier alpha value is -3.12. The van der Waals surface area contributed by atoms with Gasteiger partial charge in [0, 0.05) is 42.7 Å². The average Bonchev–Trinajstić information content (AvgIpc) is 2.95. The van der Waals surface area contributed by atoms with Crippen LogP contribution in [-0.2, 0) is 31.4 Å². The van der Waals surface area contributed by atoms with Crippen LogP contribution in [0.25, 0.3) is 0 Å². The van der Waals surface area contributed by atoms with Crippen LogP contribution in [0.2, 0.25) is 5.02 Å². The number of nitrogens with one attached hydrogen (secondary N) is 1. The Morgan fingerprint density at radius 2 is 1.67 bits per heavy atom. The fraction of sp³-hybridized carbons (Fsp3) is 0.533. The first-order chi connectivity index (χ1) is 22.3. The molecule has 10 nitrogen and oxygen atoms in total. The van der Waals surface area contributed by atoms with Crippen LogP contribution in [0.3, 0.4) is 0 Å². The van der Waals surface area contributed by atoms with Crippen molar-refractivity contribution in [1.29, 1.82) is 0 Å². The normalized spacial score (nSPS) is 17.4. The van der Waals surface area contributed by atoms with Gasteiger partial charge in [0.15, 0.2) is 0 Å². The van der Waals surface area contributed by atoms with E-state index in [1.54, 1.807) is 0 Å². The van der Waals surface area contributed by atoms with Crippen molar-refractivity contribution in [2.45, 2.75) is 62.8 Å². The van der Waals surface area contributed by atoms with Crippen molar-refractivity contribution in [1.82, 2.24) is 9.62 Å². The van der Waals surface area contributed by atoms with Crippen LogP contribution in [0.15, 0.2) is 42.5 Å². The molecule has 0 spiro atoms. The van der Waals surface area contributed by atoms with Gasteiger partial charge in [-0.15, -0.1) is 0 Å². The van der Waals surface area contributed by atoms with E-state index in [1.807, 2.05) is 25.1 Å². The number of carboxylic acid groups (broad SMARTS) is 2. The molecule has 1 aliphatic heterocycles. The zero-order valence-corrected chi connectivity index (χ0v) is 27.5. The fourth-order valence-electron chi connectivity index (χ4n) is 5.57. The average molecular weight is 734 g/mol. The molecule has 0 saturated heterocycles. The minimum Gasteiger partial charge on any atom is -0.492 e. The number of nitrogens with two attached hydrogens (primary N) is 1. The minimum atomic E-state index is -5.08. The number of carbonyl (C=O) groups is 2. The van der Waals surface area contributed by atoms with Crippen molar-refractivity contribution < 1.29 is 59.3 Å². The number of halogens is 7. The van der Waals surface area contributed by atoms with Crippen molar-refractivity contribution in [3.8, 4) is 5.75 Å². The third kappa shape index (κ3) is 11.8. The predicted molar refractivity (Wildman–Crippen MR) is 165 cm³/mol. The fourth-order valence-corrected chi connectivity index (χ4v) is 6.84. The van der Waals surface area contributed by atoms with E-state index in [9.17, 15) is 34.8 Å². The number of ether oxygens (including phenoxy) is 1. The van der Waals surface area contributed by atoms with Crippen LogP contribution in [-0.4, -0.2) is 86.4 Å². The number of aliphatic carboxylic acids is 2. The van der Waals surface area contributed by atoms with Crippen molar-refractivity contribution in [3.63, 3.8) is 0 Å². The summed E-state index contributed by atoms with van der Waals surface area (Å²) in [6.45, 7) is 4.84. The van der Waals surface area contributed by atoms with E-state index in [1.165, 1.54) is 23.1 Å². The van der Waals surface area contributed by atoms with E-state index < -0.39 is 34.3 Å². The number of fused-ring (bicyclic) bond motifs is 1. The number of alkyl halides is 6. The molecule has 1 aliphatic carbocycles. The summed E-state index contributed by atoms with van der Waals surface area (Å²) in [5.74, 6) is -4.61. The van der Waals surface area contributed by atoms with E-state index >= 15 is 0 Å². The molecule has 2 aliphatic rings. The summed E-state index contributed by atoms with van der Waals surface area (Å²) >= 11 is 6.41. The van der Waals surface area contributed by atoms with Crippen molar-refractivity contribution in [2.24, 2.45) is 5.73 Å². The maximum Gasteiger partial charge on any atom is 0.490 e. The molecule has 1 saturated carbocycles. The number of rotatable bonds is 11. The van der Waals surface area contributed by atoms with E-state index in [-0.39, 0.29) is 23.8 Å². The third-order valence-electron chi connectivity index (χ3n) is 7.68. The molecule has 0 amide bonds. The molecule has 48 heavy (non-hydrogen) atoms. The van der Waals surface area contributed by atoms with Gasteiger partial charge in [-0.2, -0.15) is 26.3 Å². The van der Waals surface area contributed by atoms with Crippen LogP contribution >= 0.6 is 11.6 Å². The van der Waals surface area contributed by atoms with E-state index in [0.717, 1.165) is 43.1 Å². The number of sulfonamides is 1. The molecule has 0 aromatic heterocycles. The van der Waals surface area contributed by atoms with E-state index in [4.69, 9.17) is 41.9 Å². The highest BCUT2D eigenvalue weighted by atomic mass is 35.5. The summed E-state index contributed by atoms with van der Waals surface area (Å²) in [6.07, 6.45) is -5.17. The second-order valence-electron chi connectivity index (χ2n) is 11.0. The van der Waals surface area contributed by atoms with E-state index in [2.05, 4.69) is 33.9 Å². The van der Waals surface area contributed by atoms with Crippen LogP contribution < -0.4 is 15.2 Å². The first-order valence-corrected chi connectivity index (χ1v) is 16.8. The highest BCUT2D eigenvalue weighted by molar-refractivity contribution is 7.89. The molecule has 1 atom stereocenters. The van der Waals surface area contributed by atoms with Gasteiger partial charge in [-0.05, 0) is 66.6 Å².